The normalized spacial score (nSPS) is 10.6. The summed E-state index contributed by atoms with van der Waals surface area (Å²) in [4.78, 5) is 6.20. The molecule has 106 valence electrons. The van der Waals surface area contributed by atoms with Crippen LogP contribution in [0.15, 0.2) is 42.7 Å². The minimum atomic E-state index is -0.170. The molecule has 2 rings (SSSR count). The smallest absolute Gasteiger partial charge is 0.128 e. The average Bonchev–Trinajstić information content (AvgIpc) is 2.47. The first-order chi connectivity index (χ1) is 9.72. The van der Waals surface area contributed by atoms with Gasteiger partial charge in [-0.25, -0.2) is 4.39 Å². The van der Waals surface area contributed by atoms with Crippen molar-refractivity contribution in [2.45, 2.75) is 20.0 Å². The zero-order valence-corrected chi connectivity index (χ0v) is 11.9. The number of pyridine rings is 1. The van der Waals surface area contributed by atoms with Gasteiger partial charge in [0.15, 0.2) is 0 Å². The van der Waals surface area contributed by atoms with Gasteiger partial charge in [0.1, 0.15) is 5.82 Å². The Morgan fingerprint density at radius 1 is 1.20 bits per heavy atom. The van der Waals surface area contributed by atoms with Crippen LogP contribution in [0.25, 0.3) is 0 Å². The van der Waals surface area contributed by atoms with Gasteiger partial charge in [0.25, 0.3) is 0 Å². The number of halogens is 1. The van der Waals surface area contributed by atoms with Crippen LogP contribution in [0.4, 0.5) is 10.1 Å². The number of hydrogen-bond donors (Lipinski definition) is 1. The van der Waals surface area contributed by atoms with Crippen molar-refractivity contribution in [3.8, 4) is 0 Å². The van der Waals surface area contributed by atoms with Gasteiger partial charge in [0.05, 0.1) is 11.9 Å². The summed E-state index contributed by atoms with van der Waals surface area (Å²) in [7, 11) is 1.96. The summed E-state index contributed by atoms with van der Waals surface area (Å²) >= 11 is 0. The molecule has 0 fully saturated rings. The van der Waals surface area contributed by atoms with Crippen LogP contribution in [-0.2, 0) is 13.1 Å². The minimum absolute atomic E-state index is 0.170. The zero-order valence-electron chi connectivity index (χ0n) is 11.9. The second kappa shape index (κ2) is 7.01. The minimum Gasteiger partial charge on any atom is -0.369 e. The summed E-state index contributed by atoms with van der Waals surface area (Å²) in [5.41, 5.74) is 2.88. The van der Waals surface area contributed by atoms with E-state index in [0.717, 1.165) is 18.8 Å². The Labute approximate surface area is 119 Å². The maximum absolute atomic E-state index is 13.7. The highest BCUT2D eigenvalue weighted by atomic mass is 19.1. The Bertz CT molecular complexity index is 557. The Morgan fingerprint density at radius 2 is 2.00 bits per heavy atom. The molecule has 0 aliphatic heterocycles. The summed E-state index contributed by atoms with van der Waals surface area (Å²) in [5, 5.41) is 3.31. The number of rotatable bonds is 6. The molecule has 1 N–H and O–H groups in total. The Balaban J connectivity index is 2.16. The van der Waals surface area contributed by atoms with Crippen molar-refractivity contribution in [3.05, 3.63) is 59.7 Å². The SMILES string of the molecule is CCNCc1ccncc1N(C)Cc1ccccc1F. The predicted octanol–water partition coefficient (Wildman–Crippen LogP) is 2.97. The highest BCUT2D eigenvalue weighted by Gasteiger charge is 2.10. The molecule has 4 heteroatoms. The maximum Gasteiger partial charge on any atom is 0.128 e. The fraction of sp³-hybridized carbons (Fsp3) is 0.312. The van der Waals surface area contributed by atoms with Crippen LogP contribution in [-0.4, -0.2) is 18.6 Å². The molecule has 0 radical (unpaired) electrons. The Kier molecular flexibility index (Phi) is 5.07. The molecule has 0 aliphatic carbocycles. The molecule has 0 bridgehead atoms. The third-order valence-electron chi connectivity index (χ3n) is 3.23. The summed E-state index contributed by atoms with van der Waals surface area (Å²) in [6.07, 6.45) is 3.61. The van der Waals surface area contributed by atoms with Gasteiger partial charge in [-0.3, -0.25) is 4.98 Å². The van der Waals surface area contributed by atoms with E-state index in [9.17, 15) is 4.39 Å². The van der Waals surface area contributed by atoms with Gasteiger partial charge >= 0.3 is 0 Å². The molecule has 0 atom stereocenters. The van der Waals surface area contributed by atoms with Crippen LogP contribution in [0.5, 0.6) is 0 Å². The molecular formula is C16H20FN3. The number of hydrogen-bond acceptors (Lipinski definition) is 3. The monoisotopic (exact) mass is 273 g/mol. The molecular weight excluding hydrogens is 253 g/mol. The van der Waals surface area contributed by atoms with Crippen molar-refractivity contribution in [2.24, 2.45) is 0 Å². The van der Waals surface area contributed by atoms with Gasteiger partial charge in [-0.05, 0) is 24.2 Å². The van der Waals surface area contributed by atoms with Gasteiger partial charge in [0, 0.05) is 31.9 Å². The first-order valence-corrected chi connectivity index (χ1v) is 6.80. The van der Waals surface area contributed by atoms with Crippen LogP contribution >= 0.6 is 0 Å². The van der Waals surface area contributed by atoms with E-state index in [2.05, 4.69) is 17.2 Å². The Hall–Kier alpha value is -1.94. The van der Waals surface area contributed by atoms with Crippen LogP contribution in [0.3, 0.4) is 0 Å². The lowest BCUT2D eigenvalue weighted by Crippen LogP contribution is -2.21. The number of nitrogens with one attached hydrogen (secondary N) is 1. The van der Waals surface area contributed by atoms with Gasteiger partial charge in [-0.1, -0.05) is 25.1 Å². The van der Waals surface area contributed by atoms with E-state index < -0.39 is 0 Å². The fourth-order valence-corrected chi connectivity index (χ4v) is 2.14. The van der Waals surface area contributed by atoms with E-state index in [0.29, 0.717) is 12.1 Å². The highest BCUT2D eigenvalue weighted by Crippen LogP contribution is 2.20. The average molecular weight is 273 g/mol. The molecule has 20 heavy (non-hydrogen) atoms. The van der Waals surface area contributed by atoms with Crippen LogP contribution in [0.2, 0.25) is 0 Å². The maximum atomic E-state index is 13.7. The molecule has 1 aromatic heterocycles. The quantitative estimate of drug-likeness (QED) is 0.877. The predicted molar refractivity (Wildman–Crippen MR) is 80.1 cm³/mol. The lowest BCUT2D eigenvalue weighted by atomic mass is 10.1. The molecule has 0 saturated carbocycles. The van der Waals surface area contributed by atoms with Gasteiger partial charge in [0.2, 0.25) is 0 Å². The van der Waals surface area contributed by atoms with Gasteiger partial charge < -0.3 is 10.2 Å². The van der Waals surface area contributed by atoms with E-state index in [1.54, 1.807) is 12.3 Å². The molecule has 0 unspecified atom stereocenters. The third-order valence-corrected chi connectivity index (χ3v) is 3.23. The summed E-state index contributed by atoms with van der Waals surface area (Å²) < 4.78 is 13.7. The molecule has 3 nitrogen and oxygen atoms in total. The van der Waals surface area contributed by atoms with Crippen molar-refractivity contribution in [1.29, 1.82) is 0 Å². The lowest BCUT2D eigenvalue weighted by molar-refractivity contribution is 0.607. The van der Waals surface area contributed by atoms with Gasteiger partial charge in [-0.2, -0.15) is 0 Å². The van der Waals surface area contributed by atoms with Crippen molar-refractivity contribution in [1.82, 2.24) is 10.3 Å². The molecule has 1 aromatic carbocycles. The van der Waals surface area contributed by atoms with Crippen molar-refractivity contribution in [2.75, 3.05) is 18.5 Å². The van der Waals surface area contributed by atoms with Crippen LogP contribution < -0.4 is 10.2 Å². The summed E-state index contributed by atoms with van der Waals surface area (Å²) in [6.45, 7) is 4.30. The molecule has 0 amide bonds. The van der Waals surface area contributed by atoms with Crippen molar-refractivity contribution >= 4 is 5.69 Å². The number of nitrogens with zero attached hydrogens (tertiary/aromatic N) is 2. The third kappa shape index (κ3) is 3.54. The largest absolute Gasteiger partial charge is 0.369 e. The molecule has 0 saturated heterocycles. The van der Waals surface area contributed by atoms with Crippen LogP contribution in [0, 0.1) is 5.82 Å². The van der Waals surface area contributed by atoms with E-state index >= 15 is 0 Å². The van der Waals surface area contributed by atoms with E-state index in [4.69, 9.17) is 0 Å². The fourth-order valence-electron chi connectivity index (χ4n) is 2.14. The first kappa shape index (κ1) is 14.5. The second-order valence-corrected chi connectivity index (χ2v) is 4.73. The molecule has 0 aliphatic rings. The topological polar surface area (TPSA) is 28.2 Å². The molecule has 2 aromatic rings. The molecule has 0 spiro atoms. The van der Waals surface area contributed by atoms with Gasteiger partial charge in [-0.15, -0.1) is 0 Å². The summed E-state index contributed by atoms with van der Waals surface area (Å²) in [6, 6.07) is 8.86. The number of aromatic nitrogens is 1. The van der Waals surface area contributed by atoms with E-state index in [-0.39, 0.29) is 5.82 Å². The Morgan fingerprint density at radius 3 is 2.75 bits per heavy atom. The summed E-state index contributed by atoms with van der Waals surface area (Å²) in [5.74, 6) is -0.170. The second-order valence-electron chi connectivity index (χ2n) is 4.73. The standard InChI is InChI=1S/C16H20FN3/c1-3-18-10-13-8-9-19-11-16(13)20(2)12-14-6-4-5-7-15(14)17/h4-9,11,18H,3,10,12H2,1-2H3. The van der Waals surface area contributed by atoms with Crippen molar-refractivity contribution in [3.63, 3.8) is 0 Å². The molecule has 1 heterocycles. The van der Waals surface area contributed by atoms with Crippen LogP contribution in [0.1, 0.15) is 18.1 Å². The highest BCUT2D eigenvalue weighted by molar-refractivity contribution is 5.51. The number of anilines is 1. The number of benzene rings is 1. The van der Waals surface area contributed by atoms with E-state index in [1.807, 2.05) is 36.3 Å². The zero-order chi connectivity index (χ0) is 14.4. The van der Waals surface area contributed by atoms with E-state index in [1.165, 1.54) is 11.6 Å². The lowest BCUT2D eigenvalue weighted by Gasteiger charge is -2.22. The first-order valence-electron chi connectivity index (χ1n) is 6.80. The van der Waals surface area contributed by atoms with Crippen molar-refractivity contribution < 1.29 is 4.39 Å².